The van der Waals surface area contributed by atoms with Crippen LogP contribution in [0.2, 0.25) is 0 Å². The molecule has 1 saturated carbocycles. The highest BCUT2D eigenvalue weighted by Crippen LogP contribution is 2.48. The average Bonchev–Trinajstić information content (AvgIpc) is 2.96. The summed E-state index contributed by atoms with van der Waals surface area (Å²) in [7, 11) is 1.76. The molecule has 2 heterocycles. The number of likely N-dealkylation sites (tertiary alicyclic amines) is 1. The summed E-state index contributed by atoms with van der Waals surface area (Å²) in [4.78, 5) is 18.6. The summed E-state index contributed by atoms with van der Waals surface area (Å²) in [6.45, 7) is 2.45. The van der Waals surface area contributed by atoms with Crippen LogP contribution in [0, 0.1) is 11.3 Å². The van der Waals surface area contributed by atoms with Crippen LogP contribution in [0.5, 0.6) is 0 Å². The van der Waals surface area contributed by atoms with Gasteiger partial charge >= 0.3 is 0 Å². The van der Waals surface area contributed by atoms with Gasteiger partial charge in [0.15, 0.2) is 0 Å². The molecule has 1 amide bonds. The minimum absolute atomic E-state index is 0.0606. The lowest BCUT2D eigenvalue weighted by Gasteiger charge is -2.27. The van der Waals surface area contributed by atoms with Crippen LogP contribution in [0.3, 0.4) is 0 Å². The Bertz CT molecular complexity index is 462. The van der Waals surface area contributed by atoms with Crippen molar-refractivity contribution in [1.29, 1.82) is 0 Å². The number of fused-ring (bicyclic) bond motifs is 1. The fourth-order valence-electron chi connectivity index (χ4n) is 3.74. The molecule has 1 aliphatic heterocycles. The summed E-state index contributed by atoms with van der Waals surface area (Å²) in [5.41, 5.74) is 0.745. The van der Waals surface area contributed by atoms with Gasteiger partial charge in [0, 0.05) is 31.8 Å². The largest absolute Gasteiger partial charge is 0.384 e. The van der Waals surface area contributed by atoms with E-state index in [1.54, 1.807) is 19.4 Å². The molecule has 0 bridgehead atoms. The van der Waals surface area contributed by atoms with Crippen LogP contribution in [0.1, 0.15) is 29.8 Å². The van der Waals surface area contributed by atoms with Crippen molar-refractivity contribution in [3.8, 4) is 0 Å². The van der Waals surface area contributed by atoms with Gasteiger partial charge in [0.05, 0.1) is 6.61 Å². The van der Waals surface area contributed by atoms with Crippen LogP contribution in [0.15, 0.2) is 24.4 Å². The highest BCUT2D eigenvalue weighted by molar-refractivity contribution is 5.92. The third-order valence-corrected chi connectivity index (χ3v) is 4.64. The van der Waals surface area contributed by atoms with Gasteiger partial charge in [-0.2, -0.15) is 0 Å². The Balaban J connectivity index is 1.77. The van der Waals surface area contributed by atoms with Gasteiger partial charge in [-0.3, -0.25) is 9.78 Å². The van der Waals surface area contributed by atoms with E-state index in [4.69, 9.17) is 4.74 Å². The fraction of sp³-hybridized carbons (Fsp3) is 0.600. The topological polar surface area (TPSA) is 42.4 Å². The van der Waals surface area contributed by atoms with Gasteiger partial charge in [0.2, 0.25) is 0 Å². The molecule has 0 spiro atoms. The number of carbonyl (C=O) groups is 1. The Morgan fingerprint density at radius 1 is 1.58 bits per heavy atom. The Labute approximate surface area is 113 Å². The predicted molar refractivity (Wildman–Crippen MR) is 71.8 cm³/mol. The number of hydrogen-bond donors (Lipinski definition) is 0. The number of hydrogen-bond acceptors (Lipinski definition) is 3. The van der Waals surface area contributed by atoms with Gasteiger partial charge in [-0.1, -0.05) is 12.5 Å². The number of pyridine rings is 1. The first kappa shape index (κ1) is 12.6. The number of amides is 1. The maximum atomic E-state index is 12.4. The number of carbonyl (C=O) groups excluding carboxylic acids is 1. The molecular weight excluding hydrogens is 240 g/mol. The molecule has 1 aromatic rings. The highest BCUT2D eigenvalue weighted by atomic mass is 16.5. The molecule has 2 fully saturated rings. The van der Waals surface area contributed by atoms with E-state index in [1.165, 1.54) is 19.3 Å². The molecule has 1 saturated heterocycles. The minimum Gasteiger partial charge on any atom is -0.384 e. The van der Waals surface area contributed by atoms with Crippen molar-refractivity contribution < 1.29 is 9.53 Å². The third-order valence-electron chi connectivity index (χ3n) is 4.64. The van der Waals surface area contributed by atoms with Crippen LogP contribution < -0.4 is 0 Å². The summed E-state index contributed by atoms with van der Waals surface area (Å²) in [5.74, 6) is 0.658. The van der Waals surface area contributed by atoms with Gasteiger partial charge in [0.25, 0.3) is 5.91 Å². The number of methoxy groups -OCH3 is 1. The van der Waals surface area contributed by atoms with Gasteiger partial charge in [-0.15, -0.1) is 0 Å². The summed E-state index contributed by atoms with van der Waals surface area (Å²) in [6, 6.07) is 5.49. The minimum atomic E-state index is 0.0606. The van der Waals surface area contributed by atoms with E-state index in [2.05, 4.69) is 4.98 Å². The van der Waals surface area contributed by atoms with Crippen LogP contribution in [-0.2, 0) is 4.74 Å². The second-order valence-electron chi connectivity index (χ2n) is 5.79. The molecule has 0 unspecified atom stereocenters. The first-order valence-electron chi connectivity index (χ1n) is 6.94. The van der Waals surface area contributed by atoms with Gasteiger partial charge in [-0.05, 0) is 30.9 Å². The van der Waals surface area contributed by atoms with Crippen molar-refractivity contribution in [3.63, 3.8) is 0 Å². The summed E-state index contributed by atoms with van der Waals surface area (Å²) in [6.07, 6.45) is 5.33. The maximum absolute atomic E-state index is 12.4. The maximum Gasteiger partial charge on any atom is 0.272 e. The molecule has 0 N–H and O–H groups in total. The molecule has 4 nitrogen and oxygen atoms in total. The predicted octanol–water partition coefficient (Wildman–Crippen LogP) is 1.97. The smallest absolute Gasteiger partial charge is 0.272 e. The molecule has 0 aromatic carbocycles. The summed E-state index contributed by atoms with van der Waals surface area (Å²) >= 11 is 0. The SMILES string of the molecule is COC[C@]12CCC[C@H]1CN(C(=O)c1ccccn1)C2. The van der Waals surface area contributed by atoms with E-state index in [0.29, 0.717) is 11.6 Å². The van der Waals surface area contributed by atoms with Crippen molar-refractivity contribution in [3.05, 3.63) is 30.1 Å². The quantitative estimate of drug-likeness (QED) is 0.834. The van der Waals surface area contributed by atoms with Crippen molar-refractivity contribution in [2.45, 2.75) is 19.3 Å². The monoisotopic (exact) mass is 260 g/mol. The first-order valence-corrected chi connectivity index (χ1v) is 6.94. The number of aromatic nitrogens is 1. The van der Waals surface area contributed by atoms with Gasteiger partial charge in [0.1, 0.15) is 5.69 Å². The van der Waals surface area contributed by atoms with Crippen molar-refractivity contribution >= 4 is 5.91 Å². The number of nitrogens with zero attached hydrogens (tertiary/aromatic N) is 2. The normalized spacial score (nSPS) is 29.5. The molecular formula is C15H20N2O2. The molecule has 1 aromatic heterocycles. The lowest BCUT2D eigenvalue weighted by Crippen LogP contribution is -2.34. The molecule has 102 valence electrons. The van der Waals surface area contributed by atoms with E-state index in [-0.39, 0.29) is 11.3 Å². The van der Waals surface area contributed by atoms with Crippen LogP contribution in [0.25, 0.3) is 0 Å². The molecule has 4 heteroatoms. The van der Waals surface area contributed by atoms with Gasteiger partial charge in [-0.25, -0.2) is 0 Å². The molecule has 2 aliphatic rings. The zero-order valence-electron chi connectivity index (χ0n) is 11.3. The Morgan fingerprint density at radius 2 is 2.47 bits per heavy atom. The standard InChI is InChI=1S/C15H20N2O2/c1-19-11-15-7-4-5-12(15)9-17(10-15)14(18)13-6-2-3-8-16-13/h2-3,6,8,12H,4-5,7,9-11H2,1H3/t12-,15+/m0/s1. The second kappa shape index (κ2) is 4.93. The molecule has 19 heavy (non-hydrogen) atoms. The van der Waals surface area contributed by atoms with E-state index in [0.717, 1.165) is 19.7 Å². The lowest BCUT2D eigenvalue weighted by molar-refractivity contribution is 0.0622. The number of ether oxygens (including phenoxy) is 1. The van der Waals surface area contributed by atoms with Crippen molar-refractivity contribution in [2.24, 2.45) is 11.3 Å². The van der Waals surface area contributed by atoms with E-state index < -0.39 is 0 Å². The molecule has 3 rings (SSSR count). The van der Waals surface area contributed by atoms with Crippen LogP contribution >= 0.6 is 0 Å². The van der Waals surface area contributed by atoms with E-state index in [1.807, 2.05) is 17.0 Å². The van der Waals surface area contributed by atoms with Crippen LogP contribution in [-0.4, -0.2) is 42.6 Å². The van der Waals surface area contributed by atoms with Gasteiger partial charge < -0.3 is 9.64 Å². The first-order chi connectivity index (χ1) is 9.25. The average molecular weight is 260 g/mol. The lowest BCUT2D eigenvalue weighted by atomic mass is 9.82. The van der Waals surface area contributed by atoms with Crippen molar-refractivity contribution in [2.75, 3.05) is 26.8 Å². The summed E-state index contributed by atoms with van der Waals surface area (Å²) < 4.78 is 5.41. The highest BCUT2D eigenvalue weighted by Gasteiger charge is 2.50. The zero-order valence-corrected chi connectivity index (χ0v) is 11.3. The molecule has 1 aliphatic carbocycles. The number of rotatable bonds is 3. The second-order valence-corrected chi connectivity index (χ2v) is 5.79. The Hall–Kier alpha value is -1.42. The Morgan fingerprint density at radius 3 is 3.21 bits per heavy atom. The van der Waals surface area contributed by atoms with Crippen LogP contribution in [0.4, 0.5) is 0 Å². The van der Waals surface area contributed by atoms with Crippen molar-refractivity contribution in [1.82, 2.24) is 9.88 Å². The fourth-order valence-corrected chi connectivity index (χ4v) is 3.74. The summed E-state index contributed by atoms with van der Waals surface area (Å²) in [5, 5.41) is 0. The van der Waals surface area contributed by atoms with E-state index in [9.17, 15) is 4.79 Å². The molecule has 2 atom stereocenters. The molecule has 0 radical (unpaired) electrons. The van der Waals surface area contributed by atoms with E-state index >= 15 is 0 Å². The Kier molecular flexibility index (Phi) is 3.27. The zero-order chi connectivity index (χ0) is 13.3. The third kappa shape index (κ3) is 2.14.